The van der Waals surface area contributed by atoms with E-state index in [2.05, 4.69) is 21.9 Å². The molecule has 1 N–H and O–H groups in total. The number of carbonyl (C=O) groups excluding carboxylic acids is 1. The average molecular weight is 421 g/mol. The number of hydrogen-bond donors (Lipinski definition) is 1. The van der Waals surface area contributed by atoms with E-state index in [0.717, 1.165) is 35.2 Å². The van der Waals surface area contributed by atoms with Gasteiger partial charge in [-0.25, -0.2) is 9.78 Å². The van der Waals surface area contributed by atoms with Crippen LogP contribution in [0, 0.1) is 6.92 Å². The first kappa shape index (κ1) is 20.8. The van der Waals surface area contributed by atoms with Crippen molar-refractivity contribution in [2.75, 3.05) is 25.9 Å². The molecule has 9 heteroatoms. The maximum absolute atomic E-state index is 12.3. The smallest absolute Gasteiger partial charge is 0.355 e. The van der Waals surface area contributed by atoms with Crippen LogP contribution in [0.5, 0.6) is 0 Å². The Balaban J connectivity index is 1.50. The lowest BCUT2D eigenvalue weighted by atomic mass is 10.2. The van der Waals surface area contributed by atoms with Gasteiger partial charge in [0.2, 0.25) is 5.91 Å². The molecule has 150 valence electrons. The summed E-state index contributed by atoms with van der Waals surface area (Å²) < 4.78 is 0.725. The first-order valence-electron chi connectivity index (χ1n) is 9.14. The number of carbonyl (C=O) groups is 2. The second kappa shape index (κ2) is 9.49. The van der Waals surface area contributed by atoms with Gasteiger partial charge in [0.25, 0.3) is 0 Å². The summed E-state index contributed by atoms with van der Waals surface area (Å²) in [6.45, 7) is 4.20. The molecule has 7 nitrogen and oxygen atoms in total. The minimum Gasteiger partial charge on any atom is -0.476 e. The van der Waals surface area contributed by atoms with Crippen molar-refractivity contribution in [2.45, 2.75) is 36.7 Å². The quantitative estimate of drug-likeness (QED) is 0.624. The van der Waals surface area contributed by atoms with E-state index in [4.69, 9.17) is 5.11 Å². The van der Waals surface area contributed by atoms with Crippen LogP contribution in [0.15, 0.2) is 27.9 Å². The number of likely N-dealkylation sites (tertiary alicyclic amines) is 1. The predicted molar refractivity (Wildman–Crippen MR) is 110 cm³/mol. The van der Waals surface area contributed by atoms with Crippen LogP contribution in [-0.2, 0) is 11.3 Å². The van der Waals surface area contributed by atoms with Gasteiger partial charge in [-0.05, 0) is 32.5 Å². The molecule has 1 saturated heterocycles. The van der Waals surface area contributed by atoms with E-state index in [0.29, 0.717) is 18.7 Å². The number of aromatic carboxylic acids is 1. The number of thioether (sulfide) groups is 1. The van der Waals surface area contributed by atoms with Crippen LogP contribution in [0.4, 0.5) is 0 Å². The zero-order valence-corrected chi connectivity index (χ0v) is 17.6. The highest BCUT2D eigenvalue weighted by atomic mass is 32.2. The number of carboxylic acid groups (broad SMARTS) is 1. The number of aromatic nitrogens is 2. The zero-order chi connectivity index (χ0) is 20.1. The number of thiazole rings is 1. The molecule has 0 aromatic carbocycles. The summed E-state index contributed by atoms with van der Waals surface area (Å²) >= 11 is 2.83. The van der Waals surface area contributed by atoms with Crippen LogP contribution >= 0.6 is 23.1 Å². The van der Waals surface area contributed by atoms with Gasteiger partial charge in [-0.2, -0.15) is 0 Å². The Hall–Kier alpha value is -1.97. The fraction of sp³-hybridized carbons (Fsp3) is 0.474. The van der Waals surface area contributed by atoms with E-state index < -0.39 is 5.97 Å². The van der Waals surface area contributed by atoms with Crippen molar-refractivity contribution in [1.82, 2.24) is 19.8 Å². The summed E-state index contributed by atoms with van der Waals surface area (Å²) in [5, 5.41) is 10.5. The van der Waals surface area contributed by atoms with Crippen LogP contribution < -0.4 is 0 Å². The van der Waals surface area contributed by atoms with Crippen molar-refractivity contribution < 1.29 is 14.7 Å². The van der Waals surface area contributed by atoms with Gasteiger partial charge in [-0.1, -0.05) is 17.8 Å². The van der Waals surface area contributed by atoms with Gasteiger partial charge in [0, 0.05) is 48.9 Å². The van der Waals surface area contributed by atoms with E-state index in [-0.39, 0.29) is 17.6 Å². The molecule has 1 fully saturated rings. The molecule has 3 heterocycles. The van der Waals surface area contributed by atoms with Crippen molar-refractivity contribution >= 4 is 35.0 Å². The molecule has 0 aliphatic carbocycles. The van der Waals surface area contributed by atoms with Gasteiger partial charge >= 0.3 is 5.97 Å². The van der Waals surface area contributed by atoms with Gasteiger partial charge < -0.3 is 10.0 Å². The van der Waals surface area contributed by atoms with E-state index >= 15 is 0 Å². The van der Waals surface area contributed by atoms with Gasteiger partial charge in [-0.3, -0.25) is 14.7 Å². The second-order valence-corrected chi connectivity index (χ2v) is 9.10. The number of amides is 1. The summed E-state index contributed by atoms with van der Waals surface area (Å²) in [7, 11) is 2.06. The standard InChI is InChI=1S/C19H24N4O3S2/c1-13-4-3-5-14(20-13)10-22(2)11-15-6-7-17(24)23(15)8-9-27-19-21-16(12-28-19)18(25)26/h3-5,12,15H,6-11H2,1-2H3,(H,25,26)/t15-/m1/s1. The molecule has 28 heavy (non-hydrogen) atoms. The summed E-state index contributed by atoms with van der Waals surface area (Å²) in [4.78, 5) is 36.0. The minimum atomic E-state index is -1.01. The predicted octanol–water partition coefficient (Wildman–Crippen LogP) is 2.76. The Labute approximate surface area is 172 Å². The lowest BCUT2D eigenvalue weighted by Gasteiger charge is -2.28. The van der Waals surface area contributed by atoms with E-state index in [1.165, 1.54) is 23.1 Å². The highest BCUT2D eigenvalue weighted by molar-refractivity contribution is 8.01. The fourth-order valence-electron chi connectivity index (χ4n) is 3.33. The molecule has 2 aromatic heterocycles. The lowest BCUT2D eigenvalue weighted by molar-refractivity contribution is -0.128. The highest BCUT2D eigenvalue weighted by Crippen LogP contribution is 2.25. The molecule has 0 radical (unpaired) electrons. The number of likely N-dealkylation sites (N-methyl/N-ethyl adjacent to an activating group) is 1. The molecule has 0 bridgehead atoms. The third-order valence-corrected chi connectivity index (χ3v) is 6.61. The SMILES string of the molecule is Cc1cccc(CN(C)C[C@H]2CCC(=O)N2CCSc2nc(C(=O)O)cs2)n1. The summed E-state index contributed by atoms with van der Waals surface area (Å²) in [6.07, 6.45) is 1.46. The Morgan fingerprint density at radius 3 is 2.96 bits per heavy atom. The third-order valence-electron chi connectivity index (χ3n) is 4.61. The monoisotopic (exact) mass is 420 g/mol. The first-order valence-corrected chi connectivity index (χ1v) is 11.0. The molecule has 1 atom stereocenters. The number of hydrogen-bond acceptors (Lipinski definition) is 7. The number of nitrogens with zero attached hydrogens (tertiary/aromatic N) is 4. The van der Waals surface area contributed by atoms with Gasteiger partial charge in [-0.15, -0.1) is 11.3 Å². The van der Waals surface area contributed by atoms with Crippen LogP contribution in [0.25, 0.3) is 0 Å². The van der Waals surface area contributed by atoms with Gasteiger partial charge in [0.15, 0.2) is 10.0 Å². The van der Waals surface area contributed by atoms with E-state index in [1.807, 2.05) is 30.0 Å². The molecular weight excluding hydrogens is 396 g/mol. The zero-order valence-electron chi connectivity index (χ0n) is 16.0. The maximum atomic E-state index is 12.3. The van der Waals surface area contributed by atoms with Crippen molar-refractivity contribution in [3.05, 3.63) is 40.7 Å². The van der Waals surface area contributed by atoms with E-state index in [1.54, 1.807) is 5.38 Å². The molecule has 0 unspecified atom stereocenters. The lowest BCUT2D eigenvalue weighted by Crippen LogP contribution is -2.41. The first-order chi connectivity index (χ1) is 13.4. The minimum absolute atomic E-state index is 0.0778. The Bertz CT molecular complexity index is 842. The number of rotatable bonds is 9. The van der Waals surface area contributed by atoms with Crippen LogP contribution in [0.3, 0.4) is 0 Å². The third kappa shape index (κ3) is 5.52. The van der Waals surface area contributed by atoms with Crippen molar-refractivity contribution in [3.63, 3.8) is 0 Å². The molecule has 0 spiro atoms. The van der Waals surface area contributed by atoms with Crippen LogP contribution in [0.1, 0.15) is 34.7 Å². The Morgan fingerprint density at radius 2 is 2.25 bits per heavy atom. The molecule has 2 aromatic rings. The van der Waals surface area contributed by atoms with Crippen molar-refractivity contribution in [3.8, 4) is 0 Å². The normalized spacial score (nSPS) is 16.9. The molecule has 1 aliphatic heterocycles. The average Bonchev–Trinajstić information content (AvgIpc) is 3.24. The maximum Gasteiger partial charge on any atom is 0.355 e. The van der Waals surface area contributed by atoms with Gasteiger partial charge in [0.1, 0.15) is 0 Å². The number of pyridine rings is 1. The topological polar surface area (TPSA) is 86.6 Å². The molecule has 1 aliphatic rings. The van der Waals surface area contributed by atoms with Crippen LogP contribution in [-0.4, -0.2) is 68.7 Å². The number of aryl methyl sites for hydroxylation is 1. The molecule has 0 saturated carbocycles. The van der Waals surface area contributed by atoms with Crippen molar-refractivity contribution in [2.24, 2.45) is 0 Å². The van der Waals surface area contributed by atoms with Gasteiger partial charge in [0.05, 0.1) is 5.69 Å². The highest BCUT2D eigenvalue weighted by Gasteiger charge is 2.31. The second-order valence-electron chi connectivity index (χ2n) is 6.90. The fourth-order valence-corrected chi connectivity index (χ4v) is 5.14. The summed E-state index contributed by atoms with van der Waals surface area (Å²) in [5.41, 5.74) is 2.12. The molecule has 3 rings (SSSR count). The summed E-state index contributed by atoms with van der Waals surface area (Å²) in [5.74, 6) is -0.111. The molecule has 1 amide bonds. The largest absolute Gasteiger partial charge is 0.476 e. The Kier molecular flexibility index (Phi) is 7.03. The Morgan fingerprint density at radius 1 is 1.43 bits per heavy atom. The number of carboxylic acids is 1. The van der Waals surface area contributed by atoms with Crippen molar-refractivity contribution in [1.29, 1.82) is 0 Å². The van der Waals surface area contributed by atoms with Crippen LogP contribution in [0.2, 0.25) is 0 Å². The van der Waals surface area contributed by atoms with E-state index in [9.17, 15) is 9.59 Å². The molecular formula is C19H24N4O3S2. The summed E-state index contributed by atoms with van der Waals surface area (Å²) in [6, 6.07) is 6.23.